The molecule has 9 nitrogen and oxygen atoms in total. The van der Waals surface area contributed by atoms with Gasteiger partial charge in [-0.25, -0.2) is 4.98 Å². The zero-order valence-corrected chi connectivity index (χ0v) is 18.3. The molecule has 31 heavy (non-hydrogen) atoms. The van der Waals surface area contributed by atoms with Crippen LogP contribution >= 0.6 is 11.3 Å². The monoisotopic (exact) mass is 441 g/mol. The molecular formula is C21H27N7O2S. The highest BCUT2D eigenvalue weighted by Crippen LogP contribution is 2.36. The van der Waals surface area contributed by atoms with Crippen LogP contribution < -0.4 is 26.4 Å². The zero-order chi connectivity index (χ0) is 21.2. The Labute approximate surface area is 184 Å². The molecule has 3 aromatic rings. The Bertz CT molecular complexity index is 1120. The SMILES string of the molecule is CNc1cccc2nc(-c3c(N[C@@H]4CCCNC4)nc(N4CCOCC4)[nH]c3=O)sc12. The van der Waals surface area contributed by atoms with E-state index in [4.69, 9.17) is 14.7 Å². The van der Waals surface area contributed by atoms with E-state index in [2.05, 4.69) is 25.8 Å². The first-order valence-corrected chi connectivity index (χ1v) is 11.6. The van der Waals surface area contributed by atoms with Crippen molar-refractivity contribution in [3.8, 4) is 10.6 Å². The molecule has 4 N–H and O–H groups in total. The Hall–Kier alpha value is -2.69. The molecule has 2 fully saturated rings. The number of rotatable bonds is 5. The fourth-order valence-electron chi connectivity index (χ4n) is 4.11. The summed E-state index contributed by atoms with van der Waals surface area (Å²) in [5.74, 6) is 1.18. The van der Waals surface area contributed by atoms with Crippen LogP contribution in [0.4, 0.5) is 17.5 Å². The molecule has 0 aliphatic carbocycles. The number of benzene rings is 1. The number of fused-ring (bicyclic) bond motifs is 1. The normalized spacial score (nSPS) is 19.5. The highest BCUT2D eigenvalue weighted by atomic mass is 32.1. The van der Waals surface area contributed by atoms with Gasteiger partial charge in [-0.15, -0.1) is 11.3 Å². The van der Waals surface area contributed by atoms with E-state index in [1.54, 1.807) is 0 Å². The number of nitrogens with zero attached hydrogens (tertiary/aromatic N) is 3. The minimum absolute atomic E-state index is 0.173. The summed E-state index contributed by atoms with van der Waals surface area (Å²) in [4.78, 5) is 28.0. The van der Waals surface area contributed by atoms with Crippen molar-refractivity contribution in [2.75, 3.05) is 62.0 Å². The smallest absolute Gasteiger partial charge is 0.264 e. The molecule has 0 radical (unpaired) electrons. The molecule has 2 aromatic heterocycles. The van der Waals surface area contributed by atoms with E-state index in [-0.39, 0.29) is 11.6 Å². The van der Waals surface area contributed by atoms with Crippen molar-refractivity contribution in [3.05, 3.63) is 28.6 Å². The average Bonchev–Trinajstić information content (AvgIpc) is 3.24. The fraction of sp³-hybridized carbons (Fsp3) is 0.476. The Morgan fingerprint density at radius 1 is 1.26 bits per heavy atom. The summed E-state index contributed by atoms with van der Waals surface area (Å²) in [5.41, 5.74) is 2.20. The van der Waals surface area contributed by atoms with E-state index in [0.717, 1.165) is 41.8 Å². The minimum atomic E-state index is -0.173. The summed E-state index contributed by atoms with van der Waals surface area (Å²) < 4.78 is 6.48. The van der Waals surface area contributed by atoms with Crippen molar-refractivity contribution in [1.82, 2.24) is 20.3 Å². The second-order valence-corrected chi connectivity index (χ2v) is 8.82. The van der Waals surface area contributed by atoms with Gasteiger partial charge in [0.05, 0.1) is 29.1 Å². The first kappa shape index (κ1) is 20.2. The number of piperidine rings is 1. The second kappa shape index (κ2) is 8.81. The summed E-state index contributed by atoms with van der Waals surface area (Å²) in [6.45, 7) is 4.55. The van der Waals surface area contributed by atoms with Crippen LogP contribution in [0, 0.1) is 0 Å². The number of anilines is 3. The molecule has 5 rings (SSSR count). The Balaban J connectivity index is 1.60. The number of aromatic nitrogens is 3. The summed E-state index contributed by atoms with van der Waals surface area (Å²) in [6, 6.07) is 6.18. The molecule has 0 bridgehead atoms. The lowest BCUT2D eigenvalue weighted by molar-refractivity contribution is 0.122. The zero-order valence-electron chi connectivity index (χ0n) is 17.5. The number of thiazole rings is 1. The van der Waals surface area contributed by atoms with Gasteiger partial charge in [-0.05, 0) is 31.5 Å². The maximum absolute atomic E-state index is 13.3. The number of H-pyrrole nitrogens is 1. The van der Waals surface area contributed by atoms with E-state index in [1.807, 2.05) is 25.2 Å². The summed E-state index contributed by atoms with van der Waals surface area (Å²) >= 11 is 1.51. The highest BCUT2D eigenvalue weighted by molar-refractivity contribution is 7.22. The average molecular weight is 442 g/mol. The van der Waals surface area contributed by atoms with Crippen LogP contribution in [0.3, 0.4) is 0 Å². The third-order valence-electron chi connectivity index (χ3n) is 5.75. The van der Waals surface area contributed by atoms with Crippen molar-refractivity contribution in [1.29, 1.82) is 0 Å². The third-order valence-corrected chi connectivity index (χ3v) is 6.88. The molecule has 0 amide bonds. The molecule has 1 aromatic carbocycles. The number of aromatic amines is 1. The maximum atomic E-state index is 13.3. The molecule has 2 aliphatic rings. The molecule has 0 saturated carbocycles. The van der Waals surface area contributed by atoms with Crippen molar-refractivity contribution >= 4 is 39.0 Å². The fourth-order valence-corrected chi connectivity index (χ4v) is 5.24. The molecule has 0 unspecified atom stereocenters. The first-order valence-electron chi connectivity index (χ1n) is 10.7. The van der Waals surface area contributed by atoms with Crippen LogP contribution in [0.1, 0.15) is 12.8 Å². The summed E-state index contributed by atoms with van der Waals surface area (Å²) in [7, 11) is 1.89. The van der Waals surface area contributed by atoms with Gasteiger partial charge in [-0.3, -0.25) is 9.78 Å². The van der Waals surface area contributed by atoms with Crippen molar-refractivity contribution in [2.45, 2.75) is 18.9 Å². The minimum Gasteiger partial charge on any atom is -0.387 e. The lowest BCUT2D eigenvalue weighted by Gasteiger charge is -2.29. The second-order valence-electron chi connectivity index (χ2n) is 7.82. The van der Waals surface area contributed by atoms with Gasteiger partial charge < -0.3 is 25.6 Å². The Morgan fingerprint density at radius 2 is 2.13 bits per heavy atom. The highest BCUT2D eigenvalue weighted by Gasteiger charge is 2.24. The summed E-state index contributed by atoms with van der Waals surface area (Å²) in [5, 5.41) is 10.8. The van der Waals surface area contributed by atoms with E-state index >= 15 is 0 Å². The Morgan fingerprint density at radius 3 is 2.90 bits per heavy atom. The first-order chi connectivity index (χ1) is 15.2. The van der Waals surface area contributed by atoms with Crippen molar-refractivity contribution in [2.24, 2.45) is 0 Å². The number of hydrogen-bond acceptors (Lipinski definition) is 9. The predicted molar refractivity (Wildman–Crippen MR) is 126 cm³/mol. The van der Waals surface area contributed by atoms with Gasteiger partial charge in [0.2, 0.25) is 5.95 Å². The maximum Gasteiger partial charge on any atom is 0.264 e. The van der Waals surface area contributed by atoms with Gasteiger partial charge in [0.25, 0.3) is 5.56 Å². The van der Waals surface area contributed by atoms with Crippen LogP contribution in [-0.2, 0) is 4.74 Å². The van der Waals surface area contributed by atoms with Crippen LogP contribution in [0.5, 0.6) is 0 Å². The van der Waals surface area contributed by atoms with Gasteiger partial charge in [-0.1, -0.05) is 6.07 Å². The molecule has 164 valence electrons. The molecule has 1 atom stereocenters. The van der Waals surface area contributed by atoms with Gasteiger partial charge in [-0.2, -0.15) is 4.98 Å². The quantitative estimate of drug-likeness (QED) is 0.477. The van der Waals surface area contributed by atoms with E-state index in [9.17, 15) is 4.79 Å². The van der Waals surface area contributed by atoms with Gasteiger partial charge >= 0.3 is 0 Å². The number of ether oxygens (including phenoxy) is 1. The molecule has 2 aliphatic heterocycles. The van der Waals surface area contributed by atoms with E-state index in [0.29, 0.717) is 48.6 Å². The predicted octanol–water partition coefficient (Wildman–Crippen LogP) is 2.09. The lowest BCUT2D eigenvalue weighted by atomic mass is 10.1. The molecular weight excluding hydrogens is 414 g/mol. The molecule has 0 spiro atoms. The standard InChI is InChI=1S/C21H27N7O2S/c1-22-14-5-2-6-15-17(14)31-20(25-15)16-18(24-13-4-3-7-23-12-13)26-21(27-19(16)29)28-8-10-30-11-9-28/h2,5-6,13,22-23H,3-4,7-12H2,1H3,(H2,24,26,27,29)/t13-/m1/s1. The Kier molecular flexibility index (Phi) is 5.75. The van der Waals surface area contributed by atoms with Gasteiger partial charge in [0, 0.05) is 32.7 Å². The number of hydrogen-bond donors (Lipinski definition) is 4. The van der Waals surface area contributed by atoms with Crippen LogP contribution in [-0.4, -0.2) is 67.4 Å². The largest absolute Gasteiger partial charge is 0.387 e. The molecule has 4 heterocycles. The van der Waals surface area contributed by atoms with Crippen LogP contribution in [0.25, 0.3) is 20.8 Å². The topological polar surface area (TPSA) is 107 Å². The van der Waals surface area contributed by atoms with Crippen LogP contribution in [0.2, 0.25) is 0 Å². The lowest BCUT2D eigenvalue weighted by Crippen LogP contribution is -2.40. The van der Waals surface area contributed by atoms with Gasteiger partial charge in [0.15, 0.2) is 0 Å². The third kappa shape index (κ3) is 4.10. The number of morpholine rings is 1. The van der Waals surface area contributed by atoms with Crippen LogP contribution in [0.15, 0.2) is 23.0 Å². The van der Waals surface area contributed by atoms with Crippen molar-refractivity contribution in [3.63, 3.8) is 0 Å². The number of nitrogens with one attached hydrogen (secondary N) is 4. The summed E-state index contributed by atoms with van der Waals surface area (Å²) in [6.07, 6.45) is 2.14. The van der Waals surface area contributed by atoms with E-state index in [1.165, 1.54) is 11.3 Å². The van der Waals surface area contributed by atoms with Gasteiger partial charge in [0.1, 0.15) is 16.4 Å². The molecule has 2 saturated heterocycles. The molecule has 10 heteroatoms. The van der Waals surface area contributed by atoms with Crippen molar-refractivity contribution < 1.29 is 4.74 Å². The van der Waals surface area contributed by atoms with E-state index < -0.39 is 0 Å².